The smallest absolute Gasteiger partial charge is 0.308 e. The second-order valence-electron chi connectivity index (χ2n) is 9.05. The van der Waals surface area contributed by atoms with Gasteiger partial charge in [-0.1, -0.05) is 6.42 Å². The van der Waals surface area contributed by atoms with E-state index in [1.165, 1.54) is 19.3 Å². The van der Waals surface area contributed by atoms with Crippen molar-refractivity contribution in [2.45, 2.75) is 49.9 Å². The minimum Gasteiger partial charge on any atom is -0.497 e. The summed E-state index contributed by atoms with van der Waals surface area (Å²) in [6.07, 6.45) is 6.21. The van der Waals surface area contributed by atoms with Gasteiger partial charge >= 0.3 is 5.97 Å². The Kier molecular flexibility index (Phi) is 7.89. The molecule has 0 spiro atoms. The molecule has 1 aliphatic carbocycles. The van der Waals surface area contributed by atoms with Gasteiger partial charge in [-0.25, -0.2) is 4.39 Å². The zero-order chi connectivity index (χ0) is 22.5. The minimum atomic E-state index is -1.15. The van der Waals surface area contributed by atoms with Gasteiger partial charge in [-0.15, -0.1) is 0 Å². The van der Waals surface area contributed by atoms with E-state index in [-0.39, 0.29) is 5.92 Å². The fourth-order valence-electron chi connectivity index (χ4n) is 4.84. The molecule has 0 unspecified atom stereocenters. The fraction of sp³-hybridized carbons (Fsp3) is 0.600. The van der Waals surface area contributed by atoms with Crippen LogP contribution in [-0.2, 0) is 4.79 Å². The molecule has 1 aliphatic heterocycles. The van der Waals surface area contributed by atoms with Crippen LogP contribution in [0.4, 0.5) is 4.39 Å². The molecule has 2 fully saturated rings. The number of carboxylic acid groups (broad SMARTS) is 1. The van der Waals surface area contributed by atoms with Crippen molar-refractivity contribution in [1.82, 2.24) is 9.88 Å². The molecule has 1 saturated carbocycles. The molecule has 5 nitrogen and oxygen atoms in total. The Labute approximate surface area is 193 Å². The van der Waals surface area contributed by atoms with Crippen molar-refractivity contribution < 1.29 is 19.0 Å². The Balaban J connectivity index is 1.34. The summed E-state index contributed by atoms with van der Waals surface area (Å²) in [5, 5.41) is 11.4. The molecule has 0 bridgehead atoms. The Morgan fingerprint density at radius 1 is 1.34 bits per heavy atom. The first-order valence-electron chi connectivity index (χ1n) is 11.7. The summed E-state index contributed by atoms with van der Waals surface area (Å²) in [5.74, 6) is 0.601. The normalized spacial score (nSPS) is 23.1. The summed E-state index contributed by atoms with van der Waals surface area (Å²) < 4.78 is 20.6. The van der Waals surface area contributed by atoms with Crippen molar-refractivity contribution in [2.75, 3.05) is 32.5 Å². The molecular formula is C25H33FN2O3S. The molecule has 0 radical (unpaired) electrons. The lowest BCUT2D eigenvalue weighted by molar-refractivity contribution is -0.146. The number of likely N-dealkylation sites (tertiary alicyclic amines) is 1. The van der Waals surface area contributed by atoms with Crippen LogP contribution in [0.25, 0.3) is 10.9 Å². The minimum absolute atomic E-state index is 0.0175. The molecule has 1 aromatic carbocycles. The number of hydrogen-bond donors (Lipinski definition) is 1. The molecule has 7 heteroatoms. The number of benzene rings is 1. The standard InChI is InChI=1S/C25H33FN2O3S/c1-31-18-6-8-24-21(15-18)20(9-11-27-24)23(26)7-5-17-10-12-28(16-22(17)25(29)30)13-14-32-19-3-2-4-19/h6,8-9,11,15,17,19,22-23H,2-5,7,10,12-14,16H2,1H3,(H,29,30)/t17-,22+,23-/m1/s1. The summed E-state index contributed by atoms with van der Waals surface area (Å²) in [6, 6.07) is 7.21. The van der Waals surface area contributed by atoms with E-state index >= 15 is 4.39 Å². The zero-order valence-corrected chi connectivity index (χ0v) is 19.5. The van der Waals surface area contributed by atoms with Gasteiger partial charge in [0.05, 0.1) is 18.5 Å². The van der Waals surface area contributed by atoms with Gasteiger partial charge in [0.1, 0.15) is 11.9 Å². The number of methoxy groups -OCH3 is 1. The van der Waals surface area contributed by atoms with E-state index in [0.29, 0.717) is 30.7 Å². The first-order chi connectivity index (χ1) is 15.5. The first-order valence-corrected chi connectivity index (χ1v) is 12.7. The molecule has 2 aliphatic rings. The summed E-state index contributed by atoms with van der Waals surface area (Å²) >= 11 is 2.03. The average molecular weight is 461 g/mol. The number of alkyl halides is 1. The predicted octanol–water partition coefficient (Wildman–Crippen LogP) is 5.34. The number of hydrogen-bond acceptors (Lipinski definition) is 5. The van der Waals surface area contributed by atoms with Gasteiger partial charge in [0.15, 0.2) is 0 Å². The van der Waals surface area contributed by atoms with Crippen LogP contribution in [0.2, 0.25) is 0 Å². The SMILES string of the molecule is COc1ccc2nccc([C@H](F)CC[C@@H]3CCN(CCSC4CCC4)C[C@@H]3C(=O)O)c2c1. The largest absolute Gasteiger partial charge is 0.497 e. The molecule has 4 rings (SSSR count). The summed E-state index contributed by atoms with van der Waals surface area (Å²) in [5.41, 5.74) is 1.34. The van der Waals surface area contributed by atoms with E-state index in [2.05, 4.69) is 9.88 Å². The highest BCUT2D eigenvalue weighted by atomic mass is 32.2. The zero-order valence-electron chi connectivity index (χ0n) is 18.7. The highest BCUT2D eigenvalue weighted by molar-refractivity contribution is 7.99. The van der Waals surface area contributed by atoms with Gasteiger partial charge in [-0.2, -0.15) is 11.8 Å². The third-order valence-electron chi connectivity index (χ3n) is 7.08. The number of aliphatic carboxylic acids is 1. The van der Waals surface area contributed by atoms with E-state index in [0.717, 1.165) is 41.4 Å². The Morgan fingerprint density at radius 2 is 2.19 bits per heavy atom. The van der Waals surface area contributed by atoms with Crippen LogP contribution in [0.1, 0.15) is 50.3 Å². The molecule has 1 saturated heterocycles. The van der Waals surface area contributed by atoms with Crippen LogP contribution in [0, 0.1) is 11.8 Å². The van der Waals surface area contributed by atoms with E-state index in [1.54, 1.807) is 19.4 Å². The molecule has 1 N–H and O–H groups in total. The van der Waals surface area contributed by atoms with Crippen LogP contribution in [0.15, 0.2) is 30.5 Å². The number of carbonyl (C=O) groups is 1. The Bertz CT molecular complexity index is 923. The highest BCUT2D eigenvalue weighted by Gasteiger charge is 2.34. The molecule has 2 aromatic rings. The molecule has 174 valence electrons. The summed E-state index contributed by atoms with van der Waals surface area (Å²) in [4.78, 5) is 18.6. The number of rotatable bonds is 10. The van der Waals surface area contributed by atoms with E-state index in [9.17, 15) is 9.90 Å². The first kappa shape index (κ1) is 23.3. The second kappa shape index (κ2) is 10.8. The Hall–Kier alpha value is -1.86. The van der Waals surface area contributed by atoms with Crippen LogP contribution in [-0.4, -0.2) is 58.7 Å². The summed E-state index contributed by atoms with van der Waals surface area (Å²) in [6.45, 7) is 2.44. The molecule has 1 aromatic heterocycles. The topological polar surface area (TPSA) is 62.7 Å². The number of pyridine rings is 1. The van der Waals surface area contributed by atoms with Gasteiger partial charge < -0.3 is 14.7 Å². The van der Waals surface area contributed by atoms with Crippen molar-refractivity contribution in [3.05, 3.63) is 36.0 Å². The van der Waals surface area contributed by atoms with E-state index in [4.69, 9.17) is 4.74 Å². The maximum Gasteiger partial charge on any atom is 0.308 e. The Morgan fingerprint density at radius 3 is 2.91 bits per heavy atom. The number of thioether (sulfide) groups is 1. The van der Waals surface area contributed by atoms with Gasteiger partial charge in [0.2, 0.25) is 0 Å². The lowest BCUT2D eigenvalue weighted by atomic mass is 9.81. The third-order valence-corrected chi connectivity index (χ3v) is 8.44. The van der Waals surface area contributed by atoms with Gasteiger partial charge in [-0.3, -0.25) is 9.78 Å². The fourth-order valence-corrected chi connectivity index (χ4v) is 6.21. The lowest BCUT2D eigenvalue weighted by Crippen LogP contribution is -2.44. The van der Waals surface area contributed by atoms with Gasteiger partial charge in [-0.05, 0) is 74.4 Å². The maximum atomic E-state index is 15.3. The molecule has 32 heavy (non-hydrogen) atoms. The van der Waals surface area contributed by atoms with Crippen LogP contribution in [0.5, 0.6) is 5.75 Å². The van der Waals surface area contributed by atoms with Crippen molar-refractivity contribution in [3.63, 3.8) is 0 Å². The molecule has 3 atom stereocenters. The molecule has 0 amide bonds. The lowest BCUT2D eigenvalue weighted by Gasteiger charge is -2.37. The van der Waals surface area contributed by atoms with E-state index in [1.807, 2.05) is 30.0 Å². The van der Waals surface area contributed by atoms with Crippen LogP contribution >= 0.6 is 11.8 Å². The number of fused-ring (bicyclic) bond motifs is 1. The van der Waals surface area contributed by atoms with Crippen molar-refractivity contribution >= 4 is 28.6 Å². The van der Waals surface area contributed by atoms with Crippen LogP contribution in [0.3, 0.4) is 0 Å². The highest BCUT2D eigenvalue weighted by Crippen LogP contribution is 2.36. The van der Waals surface area contributed by atoms with Crippen molar-refractivity contribution in [1.29, 1.82) is 0 Å². The van der Waals surface area contributed by atoms with Gasteiger partial charge in [0, 0.05) is 35.7 Å². The van der Waals surface area contributed by atoms with Gasteiger partial charge in [0.25, 0.3) is 0 Å². The van der Waals surface area contributed by atoms with Crippen molar-refractivity contribution in [2.24, 2.45) is 11.8 Å². The molecule has 2 heterocycles. The number of halogens is 1. The van der Waals surface area contributed by atoms with E-state index < -0.39 is 18.1 Å². The number of carboxylic acids is 1. The van der Waals surface area contributed by atoms with Crippen molar-refractivity contribution in [3.8, 4) is 5.75 Å². The monoisotopic (exact) mass is 460 g/mol. The number of aromatic nitrogens is 1. The number of nitrogens with zero attached hydrogens (tertiary/aromatic N) is 2. The number of piperidine rings is 1. The number of ether oxygens (including phenoxy) is 1. The predicted molar refractivity (Wildman–Crippen MR) is 127 cm³/mol. The van der Waals surface area contributed by atoms with Crippen LogP contribution < -0.4 is 4.74 Å². The second-order valence-corrected chi connectivity index (χ2v) is 10.5. The average Bonchev–Trinajstić information content (AvgIpc) is 2.78. The summed E-state index contributed by atoms with van der Waals surface area (Å²) in [7, 11) is 1.59. The third kappa shape index (κ3) is 5.54. The molecular weight excluding hydrogens is 427 g/mol. The maximum absolute atomic E-state index is 15.3. The quantitative estimate of drug-likeness (QED) is 0.516.